The Morgan fingerprint density at radius 1 is 1.26 bits per heavy atom. The third kappa shape index (κ3) is 4.67. The van der Waals surface area contributed by atoms with Crippen LogP contribution in [0, 0.1) is 24.2 Å². The molecular formula is C26H26F2N8O2. The molecule has 2 aromatic heterocycles. The number of amides is 2. The summed E-state index contributed by atoms with van der Waals surface area (Å²) in [4.78, 5) is 34.7. The summed E-state index contributed by atoms with van der Waals surface area (Å²) in [6.45, 7) is 4.55. The molecule has 0 bridgehead atoms. The average Bonchev–Trinajstić information content (AvgIpc) is 3.24. The summed E-state index contributed by atoms with van der Waals surface area (Å²) >= 11 is 0. The maximum absolute atomic E-state index is 13.3. The van der Waals surface area contributed by atoms with Crippen molar-refractivity contribution in [3.05, 3.63) is 54.0 Å². The first-order valence-electron chi connectivity index (χ1n) is 12.2. The Balaban J connectivity index is 1.30. The number of likely N-dealkylation sites (tertiary alicyclic amines) is 1. The number of aromatic nitrogens is 4. The lowest BCUT2D eigenvalue weighted by Gasteiger charge is -2.49. The summed E-state index contributed by atoms with van der Waals surface area (Å²) in [5, 5.41) is 19.7. The fourth-order valence-electron chi connectivity index (χ4n) is 4.68. The van der Waals surface area contributed by atoms with Gasteiger partial charge in [-0.05, 0) is 43.7 Å². The van der Waals surface area contributed by atoms with Crippen molar-refractivity contribution in [2.24, 2.45) is 5.92 Å². The van der Waals surface area contributed by atoms with Crippen molar-refractivity contribution < 1.29 is 18.4 Å². The van der Waals surface area contributed by atoms with Crippen LogP contribution in [0.25, 0.3) is 11.3 Å². The van der Waals surface area contributed by atoms with Gasteiger partial charge < -0.3 is 15.5 Å². The van der Waals surface area contributed by atoms with Crippen LogP contribution in [0.3, 0.4) is 0 Å². The number of aryl methyl sites for hydroxylation is 1. The molecule has 1 saturated heterocycles. The number of nitrogens with zero attached hydrogens (tertiary/aromatic N) is 6. The summed E-state index contributed by atoms with van der Waals surface area (Å²) < 4.78 is 28.3. The van der Waals surface area contributed by atoms with E-state index in [4.69, 9.17) is 0 Å². The number of nitrogens with one attached hydrogen (secondary N) is 2. The first-order valence-corrected chi connectivity index (χ1v) is 12.2. The highest BCUT2D eigenvalue weighted by Gasteiger charge is 2.64. The SMILES string of the molecule is CCNC(=O)c1ccc(Nc2nccc(-c3cnn(C4(CC#N)CN(C(=O)[C@@H]5CC5(F)F)C4)c3)n2)cc1C. The van der Waals surface area contributed by atoms with E-state index >= 15 is 0 Å². The molecule has 2 amide bonds. The van der Waals surface area contributed by atoms with Crippen molar-refractivity contribution in [2.75, 3.05) is 25.0 Å². The van der Waals surface area contributed by atoms with Gasteiger partial charge in [0.25, 0.3) is 11.8 Å². The molecule has 1 aromatic carbocycles. The van der Waals surface area contributed by atoms with E-state index in [1.165, 1.54) is 4.90 Å². The highest BCUT2D eigenvalue weighted by atomic mass is 19.3. The van der Waals surface area contributed by atoms with Gasteiger partial charge in [0.2, 0.25) is 11.9 Å². The van der Waals surface area contributed by atoms with Gasteiger partial charge in [-0.2, -0.15) is 10.4 Å². The number of halogens is 2. The quantitative estimate of drug-likeness (QED) is 0.467. The van der Waals surface area contributed by atoms with Crippen LogP contribution >= 0.6 is 0 Å². The second kappa shape index (κ2) is 9.48. The van der Waals surface area contributed by atoms with Crippen LogP contribution in [0.5, 0.6) is 0 Å². The monoisotopic (exact) mass is 520 g/mol. The van der Waals surface area contributed by atoms with E-state index in [-0.39, 0.29) is 25.4 Å². The molecule has 3 aromatic rings. The minimum Gasteiger partial charge on any atom is -0.352 e. The predicted octanol–water partition coefficient (Wildman–Crippen LogP) is 3.25. The van der Waals surface area contributed by atoms with Crippen LogP contribution in [-0.2, 0) is 10.3 Å². The zero-order chi connectivity index (χ0) is 27.1. The minimum absolute atomic E-state index is 0.0845. The summed E-state index contributed by atoms with van der Waals surface area (Å²) in [7, 11) is 0. The fraction of sp³-hybridized carbons (Fsp3) is 0.385. The largest absolute Gasteiger partial charge is 0.352 e. The lowest BCUT2D eigenvalue weighted by molar-refractivity contribution is -0.146. The van der Waals surface area contributed by atoms with Crippen LogP contribution in [0.1, 0.15) is 35.7 Å². The Kier molecular flexibility index (Phi) is 6.30. The zero-order valence-corrected chi connectivity index (χ0v) is 20.9. The van der Waals surface area contributed by atoms with Gasteiger partial charge in [0, 0.05) is 55.3 Å². The molecule has 12 heteroatoms. The third-order valence-electron chi connectivity index (χ3n) is 6.90. The molecule has 0 radical (unpaired) electrons. The molecule has 0 spiro atoms. The van der Waals surface area contributed by atoms with Gasteiger partial charge in [-0.3, -0.25) is 14.3 Å². The number of nitriles is 1. The second-order valence-corrected chi connectivity index (χ2v) is 9.72. The van der Waals surface area contributed by atoms with Gasteiger partial charge >= 0.3 is 0 Å². The molecular weight excluding hydrogens is 494 g/mol. The van der Waals surface area contributed by atoms with Crippen LogP contribution in [0.2, 0.25) is 0 Å². The van der Waals surface area contributed by atoms with E-state index in [0.717, 1.165) is 11.3 Å². The third-order valence-corrected chi connectivity index (χ3v) is 6.90. The number of carbonyl (C=O) groups excluding carboxylic acids is 2. The smallest absolute Gasteiger partial charge is 0.260 e. The fourth-order valence-corrected chi connectivity index (χ4v) is 4.68. The predicted molar refractivity (Wildman–Crippen MR) is 134 cm³/mol. The van der Waals surface area contributed by atoms with Crippen molar-refractivity contribution in [2.45, 2.75) is 38.2 Å². The van der Waals surface area contributed by atoms with E-state index in [0.29, 0.717) is 29.3 Å². The number of anilines is 2. The summed E-state index contributed by atoms with van der Waals surface area (Å²) in [6, 6.07) is 9.20. The molecule has 1 atom stereocenters. The number of benzene rings is 1. The molecule has 38 heavy (non-hydrogen) atoms. The molecule has 196 valence electrons. The standard InChI is InChI=1S/C26H26F2N8O2/c1-3-30-22(37)19-5-4-18(10-16(19)2)33-24-31-9-6-21(34-24)17-12-32-36(13-17)25(7-8-29)14-35(15-25)23(38)20-11-26(20,27)28/h4-6,9-10,12-13,20H,3,7,11,14-15H2,1-2H3,(H,30,37)(H,31,33,34)/t20-/m0/s1. The van der Waals surface area contributed by atoms with Crippen molar-refractivity contribution in [3.8, 4) is 17.3 Å². The Bertz CT molecular complexity index is 1440. The van der Waals surface area contributed by atoms with Crippen LogP contribution in [0.4, 0.5) is 20.4 Å². The van der Waals surface area contributed by atoms with Gasteiger partial charge in [0.05, 0.1) is 24.4 Å². The van der Waals surface area contributed by atoms with E-state index in [1.807, 2.05) is 19.9 Å². The number of rotatable bonds is 8. The Hall–Kier alpha value is -4.40. The van der Waals surface area contributed by atoms with Gasteiger partial charge in [0.15, 0.2) is 0 Å². The number of hydrogen-bond donors (Lipinski definition) is 2. The van der Waals surface area contributed by atoms with Crippen LogP contribution in [-0.4, -0.2) is 62.0 Å². The maximum Gasteiger partial charge on any atom is 0.260 e. The van der Waals surface area contributed by atoms with Crippen LogP contribution in [0.15, 0.2) is 42.9 Å². The summed E-state index contributed by atoms with van der Waals surface area (Å²) in [5.41, 5.74) is 2.60. The molecule has 3 heterocycles. The maximum atomic E-state index is 13.3. The van der Waals surface area contributed by atoms with Gasteiger partial charge in [0.1, 0.15) is 11.5 Å². The Labute approximate surface area is 217 Å². The molecule has 0 unspecified atom stereocenters. The van der Waals surface area contributed by atoms with E-state index < -0.39 is 29.7 Å². The molecule has 1 aliphatic heterocycles. The molecule has 2 fully saturated rings. The lowest BCUT2D eigenvalue weighted by atomic mass is 9.86. The highest BCUT2D eigenvalue weighted by molar-refractivity contribution is 5.96. The number of hydrogen-bond acceptors (Lipinski definition) is 7. The van der Waals surface area contributed by atoms with E-state index in [1.54, 1.807) is 41.5 Å². The van der Waals surface area contributed by atoms with Crippen molar-refractivity contribution >= 4 is 23.5 Å². The van der Waals surface area contributed by atoms with Crippen molar-refractivity contribution in [1.82, 2.24) is 30.0 Å². The van der Waals surface area contributed by atoms with E-state index in [9.17, 15) is 23.6 Å². The topological polar surface area (TPSA) is 129 Å². The second-order valence-electron chi connectivity index (χ2n) is 9.72. The molecule has 2 N–H and O–H groups in total. The number of alkyl halides is 2. The van der Waals surface area contributed by atoms with Crippen molar-refractivity contribution in [3.63, 3.8) is 0 Å². The van der Waals surface area contributed by atoms with Gasteiger partial charge in [-0.25, -0.2) is 18.7 Å². The number of carbonyl (C=O) groups is 2. The first-order chi connectivity index (χ1) is 18.2. The lowest BCUT2D eigenvalue weighted by Crippen LogP contribution is -2.64. The van der Waals surface area contributed by atoms with Crippen LogP contribution < -0.4 is 10.6 Å². The summed E-state index contributed by atoms with van der Waals surface area (Å²) in [5.74, 6) is -4.54. The molecule has 1 saturated carbocycles. The van der Waals surface area contributed by atoms with Gasteiger partial charge in [-0.1, -0.05) is 0 Å². The zero-order valence-electron chi connectivity index (χ0n) is 20.9. The van der Waals surface area contributed by atoms with Gasteiger partial charge in [-0.15, -0.1) is 0 Å². The van der Waals surface area contributed by atoms with Crippen molar-refractivity contribution in [1.29, 1.82) is 5.26 Å². The Morgan fingerprint density at radius 2 is 2.03 bits per heavy atom. The Morgan fingerprint density at radius 3 is 2.68 bits per heavy atom. The first kappa shape index (κ1) is 25.3. The molecule has 10 nitrogen and oxygen atoms in total. The molecule has 5 rings (SSSR count). The van der Waals surface area contributed by atoms with E-state index in [2.05, 4.69) is 31.8 Å². The minimum atomic E-state index is -2.92. The summed E-state index contributed by atoms with van der Waals surface area (Å²) in [6.07, 6.45) is 4.61. The molecule has 2 aliphatic rings. The highest BCUT2D eigenvalue weighted by Crippen LogP contribution is 2.50. The molecule has 1 aliphatic carbocycles. The normalized spacial score (nSPS) is 18.7. The average molecular weight is 521 g/mol.